The van der Waals surface area contributed by atoms with Crippen molar-refractivity contribution < 1.29 is 13.9 Å². The molecule has 0 spiro atoms. The minimum atomic E-state index is -0.697. The number of thioether (sulfide) groups is 1. The van der Waals surface area contributed by atoms with E-state index >= 15 is 0 Å². The molecule has 1 aromatic rings. The third kappa shape index (κ3) is 5.67. The molecule has 0 aliphatic heterocycles. The summed E-state index contributed by atoms with van der Waals surface area (Å²) in [5.74, 6) is -0.463. The van der Waals surface area contributed by atoms with E-state index in [9.17, 15) is 9.18 Å². The summed E-state index contributed by atoms with van der Waals surface area (Å²) in [6.45, 7) is 8.78. The van der Waals surface area contributed by atoms with Crippen LogP contribution in [0.25, 0.3) is 0 Å². The molecule has 0 radical (unpaired) electrons. The van der Waals surface area contributed by atoms with Crippen molar-refractivity contribution in [3.63, 3.8) is 0 Å². The van der Waals surface area contributed by atoms with Gasteiger partial charge in [0.25, 0.3) is 0 Å². The first-order valence-electron chi connectivity index (χ1n) is 7.25. The van der Waals surface area contributed by atoms with Crippen LogP contribution < -0.4 is 5.32 Å². The summed E-state index contributed by atoms with van der Waals surface area (Å²) in [6.07, 6.45) is 0.641. The second-order valence-corrected chi connectivity index (χ2v) is 6.68. The highest BCUT2D eigenvalue weighted by molar-refractivity contribution is 7.99. The molecule has 1 N–H and O–H groups in total. The van der Waals surface area contributed by atoms with E-state index in [1.54, 1.807) is 30.8 Å². The fourth-order valence-corrected chi connectivity index (χ4v) is 3.44. The number of likely N-dealkylation sites (N-methyl/N-ethyl adjacent to an activating group) is 1. The zero-order chi connectivity index (χ0) is 15.9. The van der Waals surface area contributed by atoms with Gasteiger partial charge in [-0.2, -0.15) is 0 Å². The molecule has 0 aliphatic rings. The van der Waals surface area contributed by atoms with Gasteiger partial charge in [-0.15, -0.1) is 11.8 Å². The predicted molar refractivity (Wildman–Crippen MR) is 85.1 cm³/mol. The van der Waals surface area contributed by atoms with Crippen LogP contribution >= 0.6 is 11.8 Å². The largest absolute Gasteiger partial charge is 0.465 e. The Balaban J connectivity index is 2.69. The van der Waals surface area contributed by atoms with Gasteiger partial charge in [0.05, 0.1) is 6.61 Å². The molecule has 0 fully saturated rings. The molecule has 0 amide bonds. The summed E-state index contributed by atoms with van der Waals surface area (Å²) in [4.78, 5) is 13.1. The fourth-order valence-electron chi connectivity index (χ4n) is 2.27. The second kappa shape index (κ2) is 8.39. The van der Waals surface area contributed by atoms with Crippen LogP contribution in [0, 0.1) is 5.82 Å². The number of carbonyl (C=O) groups excluding carboxylic acids is 1. The molecule has 2 unspecified atom stereocenters. The van der Waals surface area contributed by atoms with Crippen molar-refractivity contribution in [2.24, 2.45) is 0 Å². The Kier molecular flexibility index (Phi) is 7.18. The maximum Gasteiger partial charge on any atom is 0.326 e. The lowest BCUT2D eigenvalue weighted by Gasteiger charge is -2.30. The van der Waals surface area contributed by atoms with Gasteiger partial charge in [-0.3, -0.25) is 4.79 Å². The van der Waals surface area contributed by atoms with Gasteiger partial charge in [-0.25, -0.2) is 4.39 Å². The standard InChI is InChI=1S/C16H24FNO2S/c1-5-18-16(4,15(19)20-6-2)11-12(3)21-14-9-7-13(17)8-10-14/h7-10,12,18H,5-6,11H2,1-4H3. The molecule has 2 atom stereocenters. The van der Waals surface area contributed by atoms with Crippen LogP contribution in [0.3, 0.4) is 0 Å². The Morgan fingerprint density at radius 1 is 1.38 bits per heavy atom. The maximum atomic E-state index is 12.9. The van der Waals surface area contributed by atoms with Crippen molar-refractivity contribution in [1.82, 2.24) is 5.32 Å². The normalized spacial score (nSPS) is 15.3. The zero-order valence-corrected chi connectivity index (χ0v) is 13.9. The number of halogens is 1. The highest BCUT2D eigenvalue weighted by atomic mass is 32.2. The Morgan fingerprint density at radius 3 is 2.52 bits per heavy atom. The predicted octanol–water partition coefficient (Wildman–Crippen LogP) is 3.63. The Hall–Kier alpha value is -1.07. The molecule has 3 nitrogen and oxygen atoms in total. The van der Waals surface area contributed by atoms with E-state index in [2.05, 4.69) is 12.2 Å². The lowest BCUT2D eigenvalue weighted by atomic mass is 9.96. The lowest BCUT2D eigenvalue weighted by Crippen LogP contribution is -2.51. The SMILES string of the molecule is CCNC(C)(CC(C)Sc1ccc(F)cc1)C(=O)OCC. The first kappa shape index (κ1) is 18.0. The van der Waals surface area contributed by atoms with Crippen LogP contribution in [-0.4, -0.2) is 29.9 Å². The van der Waals surface area contributed by atoms with Gasteiger partial charge in [0.1, 0.15) is 11.4 Å². The van der Waals surface area contributed by atoms with E-state index in [0.717, 1.165) is 4.90 Å². The van der Waals surface area contributed by atoms with Crippen LogP contribution in [0.15, 0.2) is 29.2 Å². The minimum Gasteiger partial charge on any atom is -0.465 e. The smallest absolute Gasteiger partial charge is 0.326 e. The number of carbonyl (C=O) groups is 1. The number of hydrogen-bond donors (Lipinski definition) is 1. The highest BCUT2D eigenvalue weighted by Gasteiger charge is 2.35. The number of nitrogens with one attached hydrogen (secondary N) is 1. The van der Waals surface area contributed by atoms with Crippen LogP contribution in [0.1, 0.15) is 34.1 Å². The minimum absolute atomic E-state index is 0.198. The topological polar surface area (TPSA) is 38.3 Å². The molecule has 0 aromatic heterocycles. The third-order valence-corrected chi connectivity index (χ3v) is 4.25. The Bertz CT molecular complexity index is 452. The molecule has 118 valence electrons. The average molecular weight is 313 g/mol. The molecular weight excluding hydrogens is 289 g/mol. The number of benzene rings is 1. The second-order valence-electron chi connectivity index (χ2n) is 5.17. The molecule has 0 saturated heterocycles. The molecule has 0 saturated carbocycles. The lowest BCUT2D eigenvalue weighted by molar-refractivity contribution is -0.150. The summed E-state index contributed by atoms with van der Waals surface area (Å²) in [7, 11) is 0. The molecule has 1 rings (SSSR count). The van der Waals surface area contributed by atoms with Crippen molar-refractivity contribution in [3.8, 4) is 0 Å². The number of ether oxygens (including phenoxy) is 1. The van der Waals surface area contributed by atoms with Crippen molar-refractivity contribution in [1.29, 1.82) is 0 Å². The van der Waals surface area contributed by atoms with E-state index in [1.165, 1.54) is 12.1 Å². The summed E-state index contributed by atoms with van der Waals surface area (Å²) in [5, 5.41) is 3.42. The molecular formula is C16H24FNO2S. The van der Waals surface area contributed by atoms with Crippen molar-refractivity contribution in [3.05, 3.63) is 30.1 Å². The zero-order valence-electron chi connectivity index (χ0n) is 13.1. The van der Waals surface area contributed by atoms with Gasteiger partial charge in [0.2, 0.25) is 0 Å². The first-order valence-corrected chi connectivity index (χ1v) is 8.13. The Morgan fingerprint density at radius 2 is 2.00 bits per heavy atom. The molecule has 21 heavy (non-hydrogen) atoms. The van der Waals surface area contributed by atoms with Crippen LogP contribution in [0.5, 0.6) is 0 Å². The van der Waals surface area contributed by atoms with Crippen LogP contribution in [0.4, 0.5) is 4.39 Å². The average Bonchev–Trinajstić information content (AvgIpc) is 2.41. The van der Waals surface area contributed by atoms with Gasteiger partial charge in [-0.05, 0) is 51.1 Å². The van der Waals surface area contributed by atoms with E-state index < -0.39 is 5.54 Å². The van der Waals surface area contributed by atoms with Gasteiger partial charge in [0.15, 0.2) is 0 Å². The molecule has 0 bridgehead atoms. The van der Waals surface area contributed by atoms with Gasteiger partial charge in [0, 0.05) is 10.1 Å². The van der Waals surface area contributed by atoms with Crippen molar-refractivity contribution in [2.45, 2.75) is 49.8 Å². The molecule has 0 aliphatic carbocycles. The first-order chi connectivity index (χ1) is 9.91. The monoisotopic (exact) mass is 313 g/mol. The van der Waals surface area contributed by atoms with E-state index in [4.69, 9.17) is 4.74 Å². The third-order valence-electron chi connectivity index (χ3n) is 3.14. The van der Waals surface area contributed by atoms with Crippen molar-refractivity contribution in [2.75, 3.05) is 13.2 Å². The maximum absolute atomic E-state index is 12.9. The summed E-state index contributed by atoms with van der Waals surface area (Å²) < 4.78 is 18.1. The molecule has 0 heterocycles. The van der Waals surface area contributed by atoms with Crippen LogP contribution in [-0.2, 0) is 9.53 Å². The summed E-state index contributed by atoms with van der Waals surface area (Å²) >= 11 is 1.63. The summed E-state index contributed by atoms with van der Waals surface area (Å²) in [5.41, 5.74) is -0.697. The van der Waals surface area contributed by atoms with Crippen molar-refractivity contribution >= 4 is 17.7 Å². The molecule has 1 aromatic carbocycles. The highest BCUT2D eigenvalue weighted by Crippen LogP contribution is 2.29. The Labute approximate surface area is 130 Å². The fraction of sp³-hybridized carbons (Fsp3) is 0.562. The quantitative estimate of drug-likeness (QED) is 0.587. The number of esters is 1. The summed E-state index contributed by atoms with van der Waals surface area (Å²) in [6, 6.07) is 6.41. The van der Waals surface area contributed by atoms with E-state index in [0.29, 0.717) is 19.6 Å². The van der Waals surface area contributed by atoms with E-state index in [1.807, 2.05) is 13.8 Å². The van der Waals surface area contributed by atoms with Gasteiger partial charge >= 0.3 is 5.97 Å². The van der Waals surface area contributed by atoms with Gasteiger partial charge < -0.3 is 10.1 Å². The van der Waals surface area contributed by atoms with Gasteiger partial charge in [-0.1, -0.05) is 13.8 Å². The number of rotatable bonds is 8. The molecule has 5 heteroatoms. The van der Waals surface area contributed by atoms with Crippen LogP contribution in [0.2, 0.25) is 0 Å². The van der Waals surface area contributed by atoms with E-state index in [-0.39, 0.29) is 17.0 Å². The number of hydrogen-bond acceptors (Lipinski definition) is 4.